The van der Waals surface area contributed by atoms with Gasteiger partial charge in [-0.05, 0) is 29.3 Å². The van der Waals surface area contributed by atoms with Gasteiger partial charge in [-0.3, -0.25) is 15.1 Å². The van der Waals surface area contributed by atoms with Crippen LogP contribution >= 0.6 is 11.6 Å². The minimum atomic E-state index is -0.390. The van der Waals surface area contributed by atoms with E-state index in [1.165, 1.54) is 6.07 Å². The van der Waals surface area contributed by atoms with Crippen molar-refractivity contribution >= 4 is 28.7 Å². The Labute approximate surface area is 161 Å². The van der Waals surface area contributed by atoms with Gasteiger partial charge in [0.2, 0.25) is 0 Å². The summed E-state index contributed by atoms with van der Waals surface area (Å²) in [5.41, 5.74) is 3.79. The van der Waals surface area contributed by atoms with Gasteiger partial charge in [0.1, 0.15) is 0 Å². The number of hydrogen-bond donors (Lipinski definition) is 0. The van der Waals surface area contributed by atoms with Crippen molar-refractivity contribution in [2.75, 3.05) is 5.01 Å². The number of non-ortho nitro benzene ring substituents is 1. The first-order valence-electron chi connectivity index (χ1n) is 8.54. The molecule has 3 aromatic carbocycles. The third kappa shape index (κ3) is 3.55. The first-order valence-corrected chi connectivity index (χ1v) is 8.92. The van der Waals surface area contributed by atoms with Gasteiger partial charge in [0, 0.05) is 23.6 Å². The zero-order chi connectivity index (χ0) is 18.8. The number of anilines is 1. The average Bonchev–Trinajstić information content (AvgIpc) is 3.15. The molecule has 0 saturated heterocycles. The van der Waals surface area contributed by atoms with E-state index in [-0.39, 0.29) is 11.7 Å². The van der Waals surface area contributed by atoms with Crippen LogP contribution in [0.25, 0.3) is 0 Å². The molecule has 0 bridgehead atoms. The van der Waals surface area contributed by atoms with E-state index in [4.69, 9.17) is 16.7 Å². The average molecular weight is 378 g/mol. The molecule has 1 unspecified atom stereocenters. The predicted molar refractivity (Wildman–Crippen MR) is 107 cm³/mol. The van der Waals surface area contributed by atoms with Crippen LogP contribution < -0.4 is 5.01 Å². The molecule has 134 valence electrons. The summed E-state index contributed by atoms with van der Waals surface area (Å²) >= 11 is 6.03. The van der Waals surface area contributed by atoms with Gasteiger partial charge < -0.3 is 0 Å². The highest BCUT2D eigenvalue weighted by Crippen LogP contribution is 2.38. The minimum Gasteiger partial charge on any atom is -0.258 e. The van der Waals surface area contributed by atoms with E-state index < -0.39 is 4.92 Å². The first-order chi connectivity index (χ1) is 13.1. The molecule has 5 nitrogen and oxygen atoms in total. The maximum atomic E-state index is 11.2. The van der Waals surface area contributed by atoms with Crippen LogP contribution in [0, 0.1) is 10.1 Å². The van der Waals surface area contributed by atoms with Crippen molar-refractivity contribution < 1.29 is 4.92 Å². The number of halogens is 1. The summed E-state index contributed by atoms with van der Waals surface area (Å²) in [6, 6.07) is 24.1. The largest absolute Gasteiger partial charge is 0.271 e. The van der Waals surface area contributed by atoms with Gasteiger partial charge in [-0.2, -0.15) is 5.10 Å². The zero-order valence-electron chi connectivity index (χ0n) is 14.3. The third-order valence-electron chi connectivity index (χ3n) is 4.58. The molecule has 3 aromatic rings. The highest BCUT2D eigenvalue weighted by Gasteiger charge is 2.30. The molecule has 0 aromatic heterocycles. The second-order valence-corrected chi connectivity index (χ2v) is 6.74. The van der Waals surface area contributed by atoms with Crippen LogP contribution in [-0.2, 0) is 0 Å². The van der Waals surface area contributed by atoms with Gasteiger partial charge >= 0.3 is 0 Å². The summed E-state index contributed by atoms with van der Waals surface area (Å²) in [6.45, 7) is 0. The molecule has 1 heterocycles. The minimum absolute atomic E-state index is 0.0470. The van der Waals surface area contributed by atoms with Crippen LogP contribution in [0.15, 0.2) is 84.0 Å². The monoisotopic (exact) mass is 377 g/mol. The van der Waals surface area contributed by atoms with Crippen LogP contribution in [-0.4, -0.2) is 10.6 Å². The molecule has 0 spiro atoms. The maximum Gasteiger partial charge on any atom is 0.271 e. The quantitative estimate of drug-likeness (QED) is 0.439. The van der Waals surface area contributed by atoms with Crippen LogP contribution in [0.1, 0.15) is 23.6 Å². The van der Waals surface area contributed by atoms with Crippen molar-refractivity contribution in [3.8, 4) is 0 Å². The molecule has 0 N–H and O–H groups in total. The van der Waals surface area contributed by atoms with E-state index in [0.29, 0.717) is 17.1 Å². The highest BCUT2D eigenvalue weighted by atomic mass is 35.5. The first kappa shape index (κ1) is 17.2. The van der Waals surface area contributed by atoms with Crippen LogP contribution in [0.3, 0.4) is 0 Å². The number of nitro benzene ring substituents is 1. The van der Waals surface area contributed by atoms with Crippen molar-refractivity contribution in [2.45, 2.75) is 12.5 Å². The van der Waals surface area contributed by atoms with Crippen LogP contribution in [0.2, 0.25) is 5.02 Å². The number of benzene rings is 3. The van der Waals surface area contributed by atoms with Crippen molar-refractivity contribution in [2.24, 2.45) is 5.10 Å². The molecular weight excluding hydrogens is 362 g/mol. The Kier molecular flexibility index (Phi) is 4.60. The summed E-state index contributed by atoms with van der Waals surface area (Å²) in [6.07, 6.45) is 0.703. The Morgan fingerprint density at radius 3 is 2.44 bits per heavy atom. The van der Waals surface area contributed by atoms with E-state index in [9.17, 15) is 10.1 Å². The Morgan fingerprint density at radius 2 is 1.74 bits per heavy atom. The second-order valence-electron chi connectivity index (χ2n) is 6.31. The van der Waals surface area contributed by atoms with Gasteiger partial charge in [-0.25, -0.2) is 0 Å². The lowest BCUT2D eigenvalue weighted by molar-refractivity contribution is -0.384. The molecule has 0 saturated carbocycles. The fraction of sp³-hybridized carbons (Fsp3) is 0.0952. The second kappa shape index (κ2) is 7.21. The molecule has 6 heteroatoms. The van der Waals surface area contributed by atoms with E-state index in [1.807, 2.05) is 65.7 Å². The van der Waals surface area contributed by atoms with Gasteiger partial charge in [-0.1, -0.05) is 60.1 Å². The normalized spacial score (nSPS) is 16.3. The van der Waals surface area contributed by atoms with Gasteiger partial charge in [-0.15, -0.1) is 0 Å². The molecule has 0 fully saturated rings. The number of hydrazone groups is 1. The van der Waals surface area contributed by atoms with Crippen molar-refractivity contribution in [1.82, 2.24) is 0 Å². The maximum absolute atomic E-state index is 11.2. The Bertz CT molecular complexity index is 1000. The molecule has 0 radical (unpaired) electrons. The summed E-state index contributed by atoms with van der Waals surface area (Å²) < 4.78 is 0. The topological polar surface area (TPSA) is 58.7 Å². The van der Waals surface area contributed by atoms with Crippen LogP contribution in [0.5, 0.6) is 0 Å². The zero-order valence-corrected chi connectivity index (χ0v) is 15.1. The van der Waals surface area contributed by atoms with Crippen molar-refractivity contribution in [3.63, 3.8) is 0 Å². The van der Waals surface area contributed by atoms with Crippen LogP contribution in [0.4, 0.5) is 11.4 Å². The molecule has 27 heavy (non-hydrogen) atoms. The van der Waals surface area contributed by atoms with E-state index in [0.717, 1.165) is 16.8 Å². The molecule has 1 atom stereocenters. The Hall–Kier alpha value is -3.18. The molecule has 0 amide bonds. The van der Waals surface area contributed by atoms with E-state index in [1.54, 1.807) is 12.1 Å². The predicted octanol–water partition coefficient (Wildman–Crippen LogP) is 5.60. The number of rotatable bonds is 4. The summed E-state index contributed by atoms with van der Waals surface area (Å²) in [5.74, 6) is 0. The van der Waals surface area contributed by atoms with Gasteiger partial charge in [0.25, 0.3) is 5.69 Å². The molecule has 0 aliphatic carbocycles. The van der Waals surface area contributed by atoms with Gasteiger partial charge in [0.15, 0.2) is 0 Å². The standard InChI is InChI=1S/C21H16ClN3O2/c22-17-11-9-16(10-12-17)21-14-20(15-5-2-1-3-6-15)23-24(21)18-7-4-8-19(13-18)25(26)27/h1-13,21H,14H2. The lowest BCUT2D eigenvalue weighted by Crippen LogP contribution is -2.18. The number of nitro groups is 1. The Balaban J connectivity index is 1.77. The molecule has 1 aliphatic heterocycles. The smallest absolute Gasteiger partial charge is 0.258 e. The fourth-order valence-electron chi connectivity index (χ4n) is 3.25. The molecule has 4 rings (SSSR count). The molecule has 1 aliphatic rings. The lowest BCUT2D eigenvalue weighted by Gasteiger charge is -2.23. The summed E-state index contributed by atoms with van der Waals surface area (Å²) in [7, 11) is 0. The Morgan fingerprint density at radius 1 is 1.00 bits per heavy atom. The lowest BCUT2D eigenvalue weighted by atomic mass is 9.98. The van der Waals surface area contributed by atoms with Gasteiger partial charge in [0.05, 0.1) is 22.4 Å². The van der Waals surface area contributed by atoms with E-state index in [2.05, 4.69) is 0 Å². The highest BCUT2D eigenvalue weighted by molar-refractivity contribution is 6.30. The summed E-state index contributed by atoms with van der Waals surface area (Å²) in [5, 5.41) is 18.5. The third-order valence-corrected chi connectivity index (χ3v) is 4.83. The fourth-order valence-corrected chi connectivity index (χ4v) is 3.37. The SMILES string of the molecule is O=[N+]([O-])c1cccc(N2N=C(c3ccccc3)CC2c2ccc(Cl)cc2)c1. The van der Waals surface area contributed by atoms with Crippen molar-refractivity contribution in [1.29, 1.82) is 0 Å². The van der Waals surface area contributed by atoms with E-state index >= 15 is 0 Å². The van der Waals surface area contributed by atoms with Crippen molar-refractivity contribution in [3.05, 3.63) is 105 Å². The number of nitrogens with zero attached hydrogens (tertiary/aromatic N) is 3. The molecular formula is C21H16ClN3O2. The number of hydrogen-bond acceptors (Lipinski definition) is 4. The summed E-state index contributed by atoms with van der Waals surface area (Å²) in [4.78, 5) is 10.8.